The van der Waals surface area contributed by atoms with Crippen LogP contribution in [-0.4, -0.2) is 38.7 Å². The molecule has 1 aromatic heterocycles. The van der Waals surface area contributed by atoms with E-state index in [4.69, 9.17) is 0 Å². The summed E-state index contributed by atoms with van der Waals surface area (Å²) in [7, 11) is -3.35. The summed E-state index contributed by atoms with van der Waals surface area (Å²) in [6, 6.07) is 12.1. The van der Waals surface area contributed by atoms with Gasteiger partial charge in [0.05, 0.1) is 21.0 Å². The van der Waals surface area contributed by atoms with E-state index in [0.29, 0.717) is 22.6 Å². The molecule has 9 heteroatoms. The van der Waals surface area contributed by atoms with Gasteiger partial charge in [0.2, 0.25) is 10.0 Å². The number of para-hydroxylation sites is 1. The maximum Gasteiger partial charge on any atom is 0.261 e. The molecule has 0 saturated carbocycles. The smallest absolute Gasteiger partial charge is 0.261 e. The predicted molar refractivity (Wildman–Crippen MR) is 109 cm³/mol. The second-order valence-corrected chi connectivity index (χ2v) is 11.1. The highest BCUT2D eigenvalue weighted by Gasteiger charge is 2.39. The molecule has 2 saturated heterocycles. The van der Waals surface area contributed by atoms with Gasteiger partial charge in [-0.3, -0.25) is 9.52 Å². The third kappa shape index (κ3) is 4.48. The second kappa shape index (κ2) is 7.46. The van der Waals surface area contributed by atoms with E-state index in [1.165, 1.54) is 29.5 Å². The molecule has 0 radical (unpaired) electrons. The van der Waals surface area contributed by atoms with Crippen molar-refractivity contribution in [3.8, 4) is 0 Å². The normalized spacial score (nSPS) is 24.1. The molecule has 3 heterocycles. The highest BCUT2D eigenvalue weighted by Crippen LogP contribution is 2.38. The number of rotatable bonds is 6. The van der Waals surface area contributed by atoms with Crippen molar-refractivity contribution < 1.29 is 13.2 Å². The maximum atomic E-state index is 12.6. The molecule has 1 aromatic carbocycles. The van der Waals surface area contributed by atoms with Crippen LogP contribution in [0.1, 0.15) is 28.9 Å². The lowest BCUT2D eigenvalue weighted by Crippen LogP contribution is -2.42. The van der Waals surface area contributed by atoms with Crippen LogP contribution in [0.25, 0.3) is 0 Å². The number of anilines is 1. The molecule has 2 aliphatic heterocycles. The van der Waals surface area contributed by atoms with Gasteiger partial charge in [-0.25, -0.2) is 8.42 Å². The summed E-state index contributed by atoms with van der Waals surface area (Å²) in [6.07, 6.45) is 4.48. The number of carbonyl (C=O) groups is 1. The quantitative estimate of drug-likeness (QED) is 0.665. The van der Waals surface area contributed by atoms with E-state index in [2.05, 4.69) is 15.4 Å². The van der Waals surface area contributed by atoms with Crippen molar-refractivity contribution in [2.75, 3.05) is 11.0 Å². The van der Waals surface area contributed by atoms with Crippen molar-refractivity contribution in [3.05, 3.63) is 41.3 Å². The number of hydrogen-bond donors (Lipinski definition) is 3. The Kier molecular flexibility index (Phi) is 5.19. The van der Waals surface area contributed by atoms with Gasteiger partial charge >= 0.3 is 0 Å². The maximum absolute atomic E-state index is 12.6. The third-order valence-corrected chi connectivity index (χ3v) is 7.70. The van der Waals surface area contributed by atoms with Crippen molar-refractivity contribution in [2.45, 2.75) is 46.5 Å². The molecule has 0 aliphatic carbocycles. The summed E-state index contributed by atoms with van der Waals surface area (Å²) in [5.74, 6) is -0.0336. The lowest BCUT2D eigenvalue weighted by atomic mass is 9.95. The van der Waals surface area contributed by atoms with E-state index >= 15 is 0 Å². The SMILES string of the molecule is CS(=O)(=O)Nc1ccccc1Sc1ccc(C(=O)N[C@@H]2C[C@H]3CC[C@@H]2N3)s1. The molecule has 27 heavy (non-hydrogen) atoms. The Morgan fingerprint density at radius 1 is 1.22 bits per heavy atom. The highest BCUT2D eigenvalue weighted by molar-refractivity contribution is 8.01. The number of hydrogen-bond acceptors (Lipinski definition) is 6. The molecule has 3 atom stereocenters. The average Bonchev–Trinajstić information content (AvgIpc) is 3.32. The van der Waals surface area contributed by atoms with Crippen molar-refractivity contribution in [1.82, 2.24) is 10.6 Å². The minimum atomic E-state index is -3.35. The molecule has 1 amide bonds. The number of benzene rings is 1. The van der Waals surface area contributed by atoms with Crippen LogP contribution in [0, 0.1) is 0 Å². The highest BCUT2D eigenvalue weighted by atomic mass is 32.2. The van der Waals surface area contributed by atoms with Gasteiger partial charge in [0.25, 0.3) is 5.91 Å². The van der Waals surface area contributed by atoms with Gasteiger partial charge in [0, 0.05) is 23.0 Å². The van der Waals surface area contributed by atoms with E-state index in [-0.39, 0.29) is 11.9 Å². The zero-order valence-corrected chi connectivity index (χ0v) is 17.2. The average molecular weight is 424 g/mol. The van der Waals surface area contributed by atoms with E-state index in [1.807, 2.05) is 24.3 Å². The van der Waals surface area contributed by atoms with Gasteiger partial charge in [-0.2, -0.15) is 0 Å². The van der Waals surface area contributed by atoms with Crippen LogP contribution in [0.3, 0.4) is 0 Å². The van der Waals surface area contributed by atoms with E-state index in [1.54, 1.807) is 12.1 Å². The zero-order valence-electron chi connectivity index (χ0n) is 14.8. The van der Waals surface area contributed by atoms with Gasteiger partial charge in [0.1, 0.15) is 0 Å². The Morgan fingerprint density at radius 2 is 2.04 bits per heavy atom. The fourth-order valence-corrected chi connectivity index (χ4v) is 6.38. The van der Waals surface area contributed by atoms with E-state index in [0.717, 1.165) is 28.2 Å². The zero-order chi connectivity index (χ0) is 19.0. The first kappa shape index (κ1) is 18.8. The summed E-state index contributed by atoms with van der Waals surface area (Å²) >= 11 is 2.87. The van der Waals surface area contributed by atoms with Crippen LogP contribution in [0.2, 0.25) is 0 Å². The second-order valence-electron chi connectivity index (χ2n) is 6.95. The number of thiophene rings is 1. The standard InChI is InChI=1S/C18H21N3O3S3/c1-27(23,24)21-13-4-2-3-5-15(13)25-17-9-8-16(26-17)18(22)20-14-10-11-6-7-12(14)19-11/h2-5,8-9,11-12,14,19,21H,6-7,10H2,1H3,(H,20,22)/t11-,12+,14-/m1/s1. The third-order valence-electron chi connectivity index (χ3n) is 4.81. The Balaban J connectivity index is 1.43. The lowest BCUT2D eigenvalue weighted by Gasteiger charge is -2.20. The molecular formula is C18H21N3O3S3. The molecule has 4 rings (SSSR count). The first-order chi connectivity index (χ1) is 12.9. The van der Waals surface area contributed by atoms with Crippen molar-refractivity contribution in [3.63, 3.8) is 0 Å². The van der Waals surface area contributed by atoms with Crippen LogP contribution in [0.4, 0.5) is 5.69 Å². The van der Waals surface area contributed by atoms with Gasteiger partial charge < -0.3 is 10.6 Å². The lowest BCUT2D eigenvalue weighted by molar-refractivity contribution is 0.0935. The number of carbonyl (C=O) groups excluding carboxylic acids is 1. The summed E-state index contributed by atoms with van der Waals surface area (Å²) in [5, 5.41) is 6.68. The van der Waals surface area contributed by atoms with Gasteiger partial charge in [-0.1, -0.05) is 23.9 Å². The first-order valence-electron chi connectivity index (χ1n) is 8.79. The molecule has 2 aliphatic rings. The van der Waals surface area contributed by atoms with E-state index < -0.39 is 10.0 Å². The van der Waals surface area contributed by atoms with Gasteiger partial charge in [0.15, 0.2) is 0 Å². The summed E-state index contributed by atoms with van der Waals surface area (Å²) in [5.41, 5.74) is 0.539. The molecule has 2 fully saturated rings. The summed E-state index contributed by atoms with van der Waals surface area (Å²) < 4.78 is 26.6. The molecule has 6 nitrogen and oxygen atoms in total. The Labute approximate surface area is 167 Å². The van der Waals surface area contributed by atoms with Crippen molar-refractivity contribution in [2.24, 2.45) is 0 Å². The molecule has 0 spiro atoms. The minimum Gasteiger partial charge on any atom is -0.347 e. The number of sulfonamides is 1. The van der Waals surface area contributed by atoms with Crippen molar-refractivity contribution in [1.29, 1.82) is 0 Å². The molecule has 0 unspecified atom stereocenters. The predicted octanol–water partition coefficient (Wildman–Crippen LogP) is 2.89. The Bertz CT molecular complexity index is 958. The van der Waals surface area contributed by atoms with Crippen LogP contribution in [0.15, 0.2) is 45.5 Å². The van der Waals surface area contributed by atoms with Gasteiger partial charge in [-0.15, -0.1) is 11.3 Å². The Morgan fingerprint density at radius 3 is 2.74 bits per heavy atom. The van der Waals surface area contributed by atoms with Gasteiger partial charge in [-0.05, 0) is 43.5 Å². The molecular weight excluding hydrogens is 402 g/mol. The molecule has 3 N–H and O–H groups in total. The molecule has 2 bridgehead atoms. The van der Waals surface area contributed by atoms with Crippen LogP contribution < -0.4 is 15.4 Å². The topological polar surface area (TPSA) is 87.3 Å². The fraction of sp³-hybridized carbons (Fsp3) is 0.389. The Hall–Kier alpha value is -1.55. The van der Waals surface area contributed by atoms with Crippen LogP contribution in [0.5, 0.6) is 0 Å². The number of fused-ring (bicyclic) bond motifs is 2. The fourth-order valence-electron chi connectivity index (χ4n) is 3.67. The largest absolute Gasteiger partial charge is 0.347 e. The number of amides is 1. The minimum absolute atomic E-state index is 0.0336. The summed E-state index contributed by atoms with van der Waals surface area (Å²) in [6.45, 7) is 0. The van der Waals surface area contributed by atoms with E-state index in [9.17, 15) is 13.2 Å². The molecule has 2 aromatic rings. The van der Waals surface area contributed by atoms with Crippen LogP contribution >= 0.6 is 23.1 Å². The number of nitrogens with one attached hydrogen (secondary N) is 3. The first-order valence-corrected chi connectivity index (χ1v) is 12.3. The molecule has 144 valence electrons. The van der Waals surface area contributed by atoms with Crippen molar-refractivity contribution >= 4 is 44.7 Å². The summed E-state index contributed by atoms with van der Waals surface area (Å²) in [4.78, 5) is 14.0. The van der Waals surface area contributed by atoms with Crippen LogP contribution in [-0.2, 0) is 10.0 Å². The monoisotopic (exact) mass is 423 g/mol.